The highest BCUT2D eigenvalue weighted by Crippen LogP contribution is 2.01. The third-order valence-electron chi connectivity index (χ3n) is 1.14. The van der Waals surface area contributed by atoms with Crippen molar-refractivity contribution in [1.29, 1.82) is 0 Å². The van der Waals surface area contributed by atoms with Gasteiger partial charge in [0, 0.05) is 6.42 Å². The first-order valence-electron chi connectivity index (χ1n) is 3.54. The molecule has 0 atom stereocenters. The molecule has 0 aromatic carbocycles. The van der Waals surface area contributed by atoms with Gasteiger partial charge in [-0.15, -0.1) is 0 Å². The van der Waals surface area contributed by atoms with E-state index < -0.39 is 0 Å². The van der Waals surface area contributed by atoms with E-state index in [4.69, 9.17) is 0 Å². The maximum absolute atomic E-state index is 11.0. The van der Waals surface area contributed by atoms with Gasteiger partial charge in [-0.2, -0.15) is 0 Å². The monoisotopic (exact) mass is 150 g/mol. The topological polar surface area (TPSA) is 17.1 Å². The van der Waals surface area contributed by atoms with Gasteiger partial charge in [0.1, 0.15) is 0 Å². The van der Waals surface area contributed by atoms with Gasteiger partial charge in [-0.1, -0.05) is 24.8 Å². The minimum atomic E-state index is 0.0925. The number of hydrogen-bond acceptors (Lipinski definition) is 1. The summed E-state index contributed by atoms with van der Waals surface area (Å²) in [6.45, 7) is 11.0. The molecular formula is C10H14O. The van der Waals surface area contributed by atoms with Crippen molar-refractivity contribution in [3.05, 3.63) is 36.5 Å². The Labute approximate surface area is 68.1 Å². The zero-order valence-electron chi connectivity index (χ0n) is 7.18. The largest absolute Gasteiger partial charge is 0.294 e. The Balaban J connectivity index is 3.99. The summed E-state index contributed by atoms with van der Waals surface area (Å²) in [5, 5.41) is 0. The second-order valence-electron chi connectivity index (χ2n) is 2.73. The number of carbonyl (C=O) groups is 1. The van der Waals surface area contributed by atoms with Crippen molar-refractivity contribution in [2.24, 2.45) is 0 Å². The fourth-order valence-corrected chi connectivity index (χ4v) is 0.669. The SMILES string of the molecule is C=CC(=C)CC(=O)C=C(C)C. The second-order valence-corrected chi connectivity index (χ2v) is 2.73. The zero-order chi connectivity index (χ0) is 8.85. The van der Waals surface area contributed by atoms with Crippen LogP contribution in [0.5, 0.6) is 0 Å². The summed E-state index contributed by atoms with van der Waals surface area (Å²) in [5.41, 5.74) is 1.79. The molecule has 0 unspecified atom stereocenters. The Bertz CT molecular complexity index is 205. The molecule has 0 spiro atoms. The van der Waals surface area contributed by atoms with E-state index in [0.717, 1.165) is 11.1 Å². The summed E-state index contributed by atoms with van der Waals surface area (Å²) >= 11 is 0. The van der Waals surface area contributed by atoms with Gasteiger partial charge in [0.25, 0.3) is 0 Å². The van der Waals surface area contributed by atoms with Gasteiger partial charge in [-0.05, 0) is 25.5 Å². The Morgan fingerprint density at radius 2 is 2.00 bits per heavy atom. The van der Waals surface area contributed by atoms with Crippen LogP contribution in [-0.2, 0) is 4.79 Å². The molecule has 0 fully saturated rings. The predicted molar refractivity (Wildman–Crippen MR) is 48.4 cm³/mol. The first kappa shape index (κ1) is 9.89. The van der Waals surface area contributed by atoms with Gasteiger partial charge in [0.2, 0.25) is 0 Å². The number of ketones is 1. The molecule has 0 bridgehead atoms. The van der Waals surface area contributed by atoms with Crippen LogP contribution in [0.15, 0.2) is 36.5 Å². The highest BCUT2D eigenvalue weighted by Gasteiger charge is 1.97. The average Bonchev–Trinajstić information content (AvgIpc) is 1.85. The van der Waals surface area contributed by atoms with Crippen LogP contribution in [0.4, 0.5) is 0 Å². The van der Waals surface area contributed by atoms with E-state index in [2.05, 4.69) is 13.2 Å². The average molecular weight is 150 g/mol. The normalized spacial score (nSPS) is 8.55. The Hall–Kier alpha value is -1.11. The van der Waals surface area contributed by atoms with Crippen LogP contribution < -0.4 is 0 Å². The maximum Gasteiger partial charge on any atom is 0.159 e. The molecule has 0 heterocycles. The lowest BCUT2D eigenvalue weighted by molar-refractivity contribution is -0.114. The lowest BCUT2D eigenvalue weighted by Gasteiger charge is -1.94. The van der Waals surface area contributed by atoms with Crippen molar-refractivity contribution in [3.63, 3.8) is 0 Å². The standard InChI is InChI=1S/C10H14O/c1-5-9(4)7-10(11)6-8(2)3/h5-6H,1,4,7H2,2-3H3. The van der Waals surface area contributed by atoms with E-state index in [9.17, 15) is 4.79 Å². The van der Waals surface area contributed by atoms with Crippen LogP contribution in [0.3, 0.4) is 0 Å². The first-order valence-corrected chi connectivity index (χ1v) is 3.54. The van der Waals surface area contributed by atoms with E-state index in [-0.39, 0.29) is 5.78 Å². The van der Waals surface area contributed by atoms with Crippen LogP contribution in [0.1, 0.15) is 20.3 Å². The summed E-state index contributed by atoms with van der Waals surface area (Å²) in [6, 6.07) is 0. The molecule has 0 amide bonds. The third-order valence-corrected chi connectivity index (χ3v) is 1.14. The molecule has 0 aromatic heterocycles. The first-order chi connectivity index (χ1) is 5.06. The summed E-state index contributed by atoms with van der Waals surface area (Å²) in [4.78, 5) is 11.0. The molecule has 0 aliphatic heterocycles. The second kappa shape index (κ2) is 4.67. The van der Waals surface area contributed by atoms with Gasteiger partial charge < -0.3 is 0 Å². The van der Waals surface area contributed by atoms with Crippen LogP contribution in [0, 0.1) is 0 Å². The summed E-state index contributed by atoms with van der Waals surface area (Å²) < 4.78 is 0. The van der Waals surface area contributed by atoms with Gasteiger partial charge in [-0.3, -0.25) is 4.79 Å². The Morgan fingerprint density at radius 1 is 1.45 bits per heavy atom. The van der Waals surface area contributed by atoms with Crippen LogP contribution in [-0.4, -0.2) is 5.78 Å². The molecule has 0 N–H and O–H groups in total. The number of allylic oxidation sites excluding steroid dienone is 4. The lowest BCUT2D eigenvalue weighted by Crippen LogP contribution is -1.93. The van der Waals surface area contributed by atoms with Crippen LogP contribution >= 0.6 is 0 Å². The van der Waals surface area contributed by atoms with E-state index in [1.54, 1.807) is 12.2 Å². The van der Waals surface area contributed by atoms with E-state index in [1.807, 2.05) is 13.8 Å². The molecule has 11 heavy (non-hydrogen) atoms. The van der Waals surface area contributed by atoms with Crippen LogP contribution in [0.25, 0.3) is 0 Å². The highest BCUT2D eigenvalue weighted by molar-refractivity contribution is 5.92. The lowest BCUT2D eigenvalue weighted by atomic mass is 10.1. The number of hydrogen-bond donors (Lipinski definition) is 0. The third kappa shape index (κ3) is 5.34. The summed E-state index contributed by atoms with van der Waals surface area (Å²) in [5.74, 6) is 0.0925. The minimum absolute atomic E-state index is 0.0925. The maximum atomic E-state index is 11.0. The van der Waals surface area contributed by atoms with Gasteiger partial charge in [-0.25, -0.2) is 0 Å². The quantitative estimate of drug-likeness (QED) is 0.445. The number of carbonyl (C=O) groups excluding carboxylic acids is 1. The molecule has 0 radical (unpaired) electrons. The van der Waals surface area contributed by atoms with Gasteiger partial charge in [0.05, 0.1) is 0 Å². The molecule has 0 saturated heterocycles. The van der Waals surface area contributed by atoms with Crippen molar-refractivity contribution in [1.82, 2.24) is 0 Å². The van der Waals surface area contributed by atoms with Crippen molar-refractivity contribution in [3.8, 4) is 0 Å². The molecule has 1 heteroatoms. The zero-order valence-corrected chi connectivity index (χ0v) is 7.18. The van der Waals surface area contributed by atoms with Gasteiger partial charge in [0.15, 0.2) is 5.78 Å². The molecule has 0 rings (SSSR count). The molecule has 60 valence electrons. The van der Waals surface area contributed by atoms with Crippen molar-refractivity contribution >= 4 is 5.78 Å². The van der Waals surface area contributed by atoms with Crippen molar-refractivity contribution < 1.29 is 4.79 Å². The highest BCUT2D eigenvalue weighted by atomic mass is 16.1. The predicted octanol–water partition coefficient (Wildman–Crippen LogP) is 2.65. The molecule has 0 aromatic rings. The Kier molecular flexibility index (Phi) is 4.20. The molecule has 0 aliphatic carbocycles. The summed E-state index contributed by atoms with van der Waals surface area (Å²) in [6.07, 6.45) is 3.61. The van der Waals surface area contributed by atoms with E-state index in [0.29, 0.717) is 6.42 Å². The summed E-state index contributed by atoms with van der Waals surface area (Å²) in [7, 11) is 0. The van der Waals surface area contributed by atoms with Gasteiger partial charge >= 0.3 is 0 Å². The fraction of sp³-hybridized carbons (Fsp3) is 0.300. The smallest absolute Gasteiger partial charge is 0.159 e. The van der Waals surface area contributed by atoms with Crippen LogP contribution in [0.2, 0.25) is 0 Å². The molecular weight excluding hydrogens is 136 g/mol. The molecule has 0 aliphatic rings. The molecule has 0 saturated carbocycles. The Morgan fingerprint density at radius 3 is 2.36 bits per heavy atom. The fourth-order valence-electron chi connectivity index (χ4n) is 0.669. The van der Waals surface area contributed by atoms with E-state index >= 15 is 0 Å². The van der Waals surface area contributed by atoms with E-state index in [1.165, 1.54) is 0 Å². The number of rotatable bonds is 4. The molecule has 1 nitrogen and oxygen atoms in total. The minimum Gasteiger partial charge on any atom is -0.294 e. The van der Waals surface area contributed by atoms with Crippen molar-refractivity contribution in [2.75, 3.05) is 0 Å². The van der Waals surface area contributed by atoms with Crippen molar-refractivity contribution in [2.45, 2.75) is 20.3 Å².